The topological polar surface area (TPSA) is 45.2 Å². The van der Waals surface area contributed by atoms with Crippen LogP contribution in [0.4, 0.5) is 5.69 Å². The fraction of sp³-hybridized carbons (Fsp3) is 0.188. The van der Waals surface area contributed by atoms with E-state index in [1.807, 2.05) is 44.2 Å². The van der Waals surface area contributed by atoms with Crippen molar-refractivity contribution >= 4 is 27.8 Å². The number of aromatic nitrogens is 1. The predicted molar refractivity (Wildman–Crippen MR) is 84.5 cm³/mol. The zero-order valence-electron chi connectivity index (χ0n) is 11.5. The van der Waals surface area contributed by atoms with Gasteiger partial charge in [0.15, 0.2) is 0 Å². The van der Waals surface area contributed by atoms with Crippen molar-refractivity contribution in [1.82, 2.24) is 4.98 Å². The predicted octanol–water partition coefficient (Wildman–Crippen LogP) is 4.23. The normalized spacial score (nSPS) is 10.9. The molecule has 1 heterocycles. The number of hydrogen-bond acceptors (Lipinski definition) is 4. The van der Waals surface area contributed by atoms with Gasteiger partial charge in [0, 0.05) is 21.3 Å². The van der Waals surface area contributed by atoms with Gasteiger partial charge in [0.1, 0.15) is 5.75 Å². The zero-order valence-corrected chi connectivity index (χ0v) is 12.3. The summed E-state index contributed by atoms with van der Waals surface area (Å²) in [7, 11) is 0. The standard InChI is InChI=1S/C16H16N2OS/c1-10-16(20-11(2)18-10)9-17-14-7-3-6-13-12(14)5-4-8-15(13)19/h3-8,17,19H,9H2,1-2H3. The number of phenolic OH excluding ortho intramolecular Hbond substituents is 1. The third kappa shape index (κ3) is 2.34. The molecule has 20 heavy (non-hydrogen) atoms. The molecule has 2 aromatic carbocycles. The molecule has 2 N–H and O–H groups in total. The van der Waals surface area contributed by atoms with Crippen LogP contribution in [0.2, 0.25) is 0 Å². The molecule has 0 spiro atoms. The Hall–Kier alpha value is -2.07. The molecule has 0 saturated carbocycles. The van der Waals surface area contributed by atoms with Crippen molar-refractivity contribution in [2.45, 2.75) is 20.4 Å². The Morgan fingerprint density at radius 3 is 2.60 bits per heavy atom. The summed E-state index contributed by atoms with van der Waals surface area (Å²) in [6, 6.07) is 11.5. The van der Waals surface area contributed by atoms with E-state index in [0.717, 1.165) is 33.7 Å². The van der Waals surface area contributed by atoms with Gasteiger partial charge in [-0.3, -0.25) is 0 Å². The molecular weight excluding hydrogens is 268 g/mol. The Kier molecular flexibility index (Phi) is 3.32. The Labute approximate surface area is 121 Å². The van der Waals surface area contributed by atoms with Crippen molar-refractivity contribution in [1.29, 1.82) is 0 Å². The lowest BCUT2D eigenvalue weighted by atomic mass is 10.1. The maximum atomic E-state index is 9.89. The van der Waals surface area contributed by atoms with Gasteiger partial charge in [-0.25, -0.2) is 4.98 Å². The number of benzene rings is 2. The second-order valence-electron chi connectivity index (χ2n) is 4.77. The summed E-state index contributed by atoms with van der Waals surface area (Å²) in [4.78, 5) is 5.69. The summed E-state index contributed by atoms with van der Waals surface area (Å²) in [5, 5.41) is 16.3. The first-order chi connectivity index (χ1) is 9.65. The van der Waals surface area contributed by atoms with Gasteiger partial charge in [-0.15, -0.1) is 11.3 Å². The van der Waals surface area contributed by atoms with Gasteiger partial charge in [-0.2, -0.15) is 0 Å². The van der Waals surface area contributed by atoms with Gasteiger partial charge in [0.25, 0.3) is 0 Å². The van der Waals surface area contributed by atoms with E-state index < -0.39 is 0 Å². The summed E-state index contributed by atoms with van der Waals surface area (Å²) >= 11 is 1.72. The second-order valence-corrected chi connectivity index (χ2v) is 6.06. The molecule has 3 nitrogen and oxygen atoms in total. The number of anilines is 1. The van der Waals surface area contributed by atoms with Crippen molar-refractivity contribution in [2.24, 2.45) is 0 Å². The third-order valence-corrected chi connectivity index (χ3v) is 4.41. The van der Waals surface area contributed by atoms with Crippen LogP contribution in [0.3, 0.4) is 0 Å². The first kappa shape index (κ1) is 12.9. The number of nitrogens with one attached hydrogen (secondary N) is 1. The van der Waals surface area contributed by atoms with Crippen molar-refractivity contribution in [3.63, 3.8) is 0 Å². The maximum absolute atomic E-state index is 9.89. The SMILES string of the molecule is Cc1nc(C)c(CNc2cccc3c(O)cccc23)s1. The monoisotopic (exact) mass is 284 g/mol. The van der Waals surface area contributed by atoms with Crippen LogP contribution in [0, 0.1) is 13.8 Å². The number of aromatic hydroxyl groups is 1. The molecule has 0 unspecified atom stereocenters. The lowest BCUT2D eigenvalue weighted by Crippen LogP contribution is -1.99. The smallest absolute Gasteiger partial charge is 0.123 e. The molecule has 0 amide bonds. The molecule has 4 heteroatoms. The van der Waals surface area contributed by atoms with E-state index in [4.69, 9.17) is 0 Å². The third-order valence-electron chi connectivity index (χ3n) is 3.34. The summed E-state index contributed by atoms with van der Waals surface area (Å²) in [6.07, 6.45) is 0. The Bertz CT molecular complexity index is 764. The van der Waals surface area contributed by atoms with Crippen molar-refractivity contribution < 1.29 is 5.11 Å². The van der Waals surface area contributed by atoms with Gasteiger partial charge in [-0.05, 0) is 26.0 Å². The van der Waals surface area contributed by atoms with Crippen molar-refractivity contribution in [3.05, 3.63) is 52.0 Å². The number of nitrogens with zero attached hydrogens (tertiary/aromatic N) is 1. The van der Waals surface area contributed by atoms with Gasteiger partial charge >= 0.3 is 0 Å². The molecule has 0 aliphatic carbocycles. The summed E-state index contributed by atoms with van der Waals surface area (Å²) in [5.41, 5.74) is 2.12. The molecule has 0 atom stereocenters. The summed E-state index contributed by atoms with van der Waals surface area (Å²) < 4.78 is 0. The van der Waals surface area contributed by atoms with E-state index >= 15 is 0 Å². The fourth-order valence-corrected chi connectivity index (χ4v) is 3.24. The second kappa shape index (κ2) is 5.13. The highest BCUT2D eigenvalue weighted by Gasteiger charge is 2.07. The average Bonchev–Trinajstić information content (AvgIpc) is 2.75. The number of phenols is 1. The Balaban J connectivity index is 1.92. The molecule has 102 valence electrons. The van der Waals surface area contributed by atoms with E-state index in [1.165, 1.54) is 4.88 Å². The van der Waals surface area contributed by atoms with Gasteiger partial charge < -0.3 is 10.4 Å². The highest BCUT2D eigenvalue weighted by Crippen LogP contribution is 2.30. The quantitative estimate of drug-likeness (QED) is 0.756. The molecule has 1 aromatic heterocycles. The summed E-state index contributed by atoms with van der Waals surface area (Å²) in [5.74, 6) is 0.316. The van der Waals surface area contributed by atoms with Crippen LogP contribution >= 0.6 is 11.3 Å². The molecule has 0 bridgehead atoms. The minimum Gasteiger partial charge on any atom is -0.507 e. The molecule has 0 saturated heterocycles. The van der Waals surface area contributed by atoms with Gasteiger partial charge in [-0.1, -0.05) is 24.3 Å². The van der Waals surface area contributed by atoms with E-state index in [-0.39, 0.29) is 0 Å². The minimum absolute atomic E-state index is 0.316. The van der Waals surface area contributed by atoms with Crippen molar-refractivity contribution in [3.8, 4) is 5.75 Å². The van der Waals surface area contributed by atoms with Crippen LogP contribution in [-0.2, 0) is 6.54 Å². The Morgan fingerprint density at radius 1 is 1.10 bits per heavy atom. The highest BCUT2D eigenvalue weighted by molar-refractivity contribution is 7.11. The van der Waals surface area contributed by atoms with Crippen LogP contribution < -0.4 is 5.32 Å². The molecule has 0 aliphatic heterocycles. The van der Waals surface area contributed by atoms with Crippen LogP contribution in [0.1, 0.15) is 15.6 Å². The van der Waals surface area contributed by atoms with Gasteiger partial charge in [0.2, 0.25) is 0 Å². The van der Waals surface area contributed by atoms with Crippen LogP contribution in [0.25, 0.3) is 10.8 Å². The average molecular weight is 284 g/mol. The molecule has 0 radical (unpaired) electrons. The molecule has 3 aromatic rings. The molecule has 3 rings (SSSR count). The Morgan fingerprint density at radius 2 is 1.85 bits per heavy atom. The van der Waals surface area contributed by atoms with E-state index in [9.17, 15) is 5.11 Å². The van der Waals surface area contributed by atoms with Crippen LogP contribution in [0.5, 0.6) is 5.75 Å². The van der Waals surface area contributed by atoms with Gasteiger partial charge in [0.05, 0.1) is 17.2 Å². The fourth-order valence-electron chi connectivity index (χ4n) is 2.36. The lowest BCUT2D eigenvalue weighted by Gasteiger charge is -2.10. The lowest BCUT2D eigenvalue weighted by molar-refractivity contribution is 0.481. The first-order valence-corrected chi connectivity index (χ1v) is 7.34. The first-order valence-electron chi connectivity index (χ1n) is 6.52. The number of thiazole rings is 1. The van der Waals surface area contributed by atoms with E-state index in [2.05, 4.69) is 10.3 Å². The zero-order chi connectivity index (χ0) is 14.1. The summed E-state index contributed by atoms with van der Waals surface area (Å²) in [6.45, 7) is 4.82. The van der Waals surface area contributed by atoms with E-state index in [1.54, 1.807) is 17.4 Å². The largest absolute Gasteiger partial charge is 0.507 e. The number of hydrogen-bond donors (Lipinski definition) is 2. The molecule has 0 fully saturated rings. The highest BCUT2D eigenvalue weighted by atomic mass is 32.1. The number of rotatable bonds is 3. The van der Waals surface area contributed by atoms with Crippen molar-refractivity contribution in [2.75, 3.05) is 5.32 Å². The van der Waals surface area contributed by atoms with Crippen LogP contribution in [-0.4, -0.2) is 10.1 Å². The maximum Gasteiger partial charge on any atom is 0.123 e. The van der Waals surface area contributed by atoms with Crippen LogP contribution in [0.15, 0.2) is 36.4 Å². The number of fused-ring (bicyclic) bond motifs is 1. The molecular formula is C16H16N2OS. The van der Waals surface area contributed by atoms with E-state index in [0.29, 0.717) is 5.75 Å². The minimum atomic E-state index is 0.316. The molecule has 0 aliphatic rings. The number of aryl methyl sites for hydroxylation is 2.